The van der Waals surface area contributed by atoms with Gasteiger partial charge in [-0.1, -0.05) is 0 Å². The fourth-order valence-corrected chi connectivity index (χ4v) is 2.72. The molecule has 1 aliphatic heterocycles. The second-order valence-electron chi connectivity index (χ2n) is 5.81. The van der Waals surface area contributed by atoms with Gasteiger partial charge in [0, 0.05) is 12.0 Å². The van der Waals surface area contributed by atoms with Crippen molar-refractivity contribution in [3.63, 3.8) is 0 Å². The molecule has 0 aromatic heterocycles. The lowest BCUT2D eigenvalue weighted by molar-refractivity contribution is -0.123. The molecule has 4 amide bonds. The quantitative estimate of drug-likeness (QED) is 0.708. The third-order valence-corrected chi connectivity index (χ3v) is 4.09. The number of halogens is 2. The number of benzene rings is 1. The third-order valence-electron chi connectivity index (χ3n) is 4.09. The highest BCUT2D eigenvalue weighted by molar-refractivity contribution is 6.04. The molecule has 0 spiro atoms. The van der Waals surface area contributed by atoms with Crippen LogP contribution in [0.1, 0.15) is 31.2 Å². The molecule has 1 atom stereocenters. The maximum Gasteiger partial charge on any atom is 0.322 e. The molecular weight excluding hydrogens is 308 g/mol. The monoisotopic (exact) mass is 323 g/mol. The lowest BCUT2D eigenvalue weighted by atomic mass is 10.0. The van der Waals surface area contributed by atoms with Crippen LogP contribution in [0.3, 0.4) is 0 Å². The zero-order valence-electron chi connectivity index (χ0n) is 12.1. The van der Waals surface area contributed by atoms with E-state index in [2.05, 4.69) is 16.0 Å². The number of amides is 4. The minimum atomic E-state index is -0.871. The largest absolute Gasteiger partial charge is 0.346 e. The summed E-state index contributed by atoms with van der Waals surface area (Å²) in [7, 11) is 0. The smallest absolute Gasteiger partial charge is 0.322 e. The number of nitrogens with one attached hydrogen (secondary N) is 3. The van der Waals surface area contributed by atoms with Crippen molar-refractivity contribution in [2.45, 2.75) is 37.3 Å². The molecule has 3 N–H and O–H groups in total. The third kappa shape index (κ3) is 3.15. The fraction of sp³-hybridized carbons (Fsp3) is 0.400. The van der Waals surface area contributed by atoms with Crippen LogP contribution in [0.4, 0.5) is 13.6 Å². The first-order chi connectivity index (χ1) is 10.9. The van der Waals surface area contributed by atoms with Gasteiger partial charge in [0.25, 0.3) is 5.91 Å². The van der Waals surface area contributed by atoms with Gasteiger partial charge in [0.1, 0.15) is 17.7 Å². The number of imide groups is 1. The van der Waals surface area contributed by atoms with Crippen LogP contribution in [0.15, 0.2) is 18.2 Å². The summed E-state index contributed by atoms with van der Waals surface area (Å²) in [5.41, 5.74) is -0.734. The van der Waals surface area contributed by atoms with Crippen molar-refractivity contribution < 1.29 is 23.2 Å². The number of carbonyl (C=O) groups is 3. The molecule has 2 aliphatic rings. The molecule has 1 saturated carbocycles. The fourth-order valence-electron chi connectivity index (χ4n) is 2.72. The van der Waals surface area contributed by atoms with E-state index in [1.54, 1.807) is 0 Å². The molecule has 1 aliphatic carbocycles. The highest BCUT2D eigenvalue weighted by atomic mass is 19.1. The van der Waals surface area contributed by atoms with E-state index in [1.165, 1.54) is 0 Å². The summed E-state index contributed by atoms with van der Waals surface area (Å²) < 4.78 is 27.2. The summed E-state index contributed by atoms with van der Waals surface area (Å²) in [5.74, 6) is -1.97. The number of urea groups is 1. The van der Waals surface area contributed by atoms with Gasteiger partial charge >= 0.3 is 6.03 Å². The molecule has 1 unspecified atom stereocenters. The maximum atomic E-state index is 13.9. The summed E-state index contributed by atoms with van der Waals surface area (Å²) >= 11 is 0. The highest BCUT2D eigenvalue weighted by Gasteiger charge is 2.47. The Kier molecular flexibility index (Phi) is 3.75. The number of carbonyl (C=O) groups excluding carboxylic acids is 3. The van der Waals surface area contributed by atoms with Crippen LogP contribution in [0.2, 0.25) is 0 Å². The summed E-state index contributed by atoms with van der Waals surface area (Å²) in [6, 6.07) is 1.83. The van der Waals surface area contributed by atoms with Crippen molar-refractivity contribution in [1.82, 2.24) is 16.0 Å². The van der Waals surface area contributed by atoms with E-state index in [9.17, 15) is 23.2 Å². The topological polar surface area (TPSA) is 87.3 Å². The Morgan fingerprint density at radius 3 is 2.65 bits per heavy atom. The maximum absolute atomic E-state index is 13.9. The Labute approximate surface area is 130 Å². The van der Waals surface area contributed by atoms with Gasteiger partial charge in [0.05, 0.1) is 5.54 Å². The van der Waals surface area contributed by atoms with Crippen LogP contribution in [0.5, 0.6) is 0 Å². The minimum absolute atomic E-state index is 0.00293. The second kappa shape index (κ2) is 5.60. The predicted octanol–water partition coefficient (Wildman–Crippen LogP) is 1.06. The molecular formula is C15H15F2N3O3. The van der Waals surface area contributed by atoms with Crippen molar-refractivity contribution in [3.05, 3.63) is 35.4 Å². The van der Waals surface area contributed by atoms with E-state index in [4.69, 9.17) is 0 Å². The summed E-state index contributed by atoms with van der Waals surface area (Å²) in [6.45, 7) is 0. The summed E-state index contributed by atoms with van der Waals surface area (Å²) in [4.78, 5) is 34.4. The summed E-state index contributed by atoms with van der Waals surface area (Å²) in [6.07, 6.45) is 1.20. The first-order valence-corrected chi connectivity index (χ1v) is 7.27. The van der Waals surface area contributed by atoms with Gasteiger partial charge in [-0.15, -0.1) is 0 Å². The number of hydrogen-bond donors (Lipinski definition) is 3. The van der Waals surface area contributed by atoms with E-state index >= 15 is 0 Å². The van der Waals surface area contributed by atoms with Crippen molar-refractivity contribution in [2.24, 2.45) is 0 Å². The molecule has 8 heteroatoms. The molecule has 6 nitrogen and oxygen atoms in total. The normalized spacial score (nSPS) is 21.6. The van der Waals surface area contributed by atoms with Gasteiger partial charge in [-0.25, -0.2) is 13.6 Å². The minimum Gasteiger partial charge on any atom is -0.346 e. The zero-order valence-corrected chi connectivity index (χ0v) is 12.1. The van der Waals surface area contributed by atoms with Gasteiger partial charge < -0.3 is 10.6 Å². The average molecular weight is 323 g/mol. The van der Waals surface area contributed by atoms with Crippen molar-refractivity contribution in [3.8, 4) is 0 Å². The van der Waals surface area contributed by atoms with Crippen LogP contribution in [0.25, 0.3) is 0 Å². The Bertz CT molecular complexity index is 689. The van der Waals surface area contributed by atoms with Crippen LogP contribution >= 0.6 is 0 Å². The molecule has 1 aromatic rings. The van der Waals surface area contributed by atoms with Gasteiger partial charge in [-0.2, -0.15) is 0 Å². The van der Waals surface area contributed by atoms with E-state index in [0.29, 0.717) is 12.8 Å². The van der Waals surface area contributed by atoms with E-state index in [1.807, 2.05) is 0 Å². The SMILES string of the molecule is O=C(CCC1NC(=O)NC1=O)NC1(c2cc(F)ccc2F)CC1. The molecule has 1 heterocycles. The molecule has 3 rings (SSSR count). The average Bonchev–Trinajstić information content (AvgIpc) is 3.18. The molecule has 23 heavy (non-hydrogen) atoms. The zero-order chi connectivity index (χ0) is 16.6. The predicted molar refractivity (Wildman–Crippen MR) is 75.1 cm³/mol. The Hall–Kier alpha value is -2.51. The molecule has 1 aromatic carbocycles. The van der Waals surface area contributed by atoms with Gasteiger partial charge in [-0.3, -0.25) is 14.9 Å². The van der Waals surface area contributed by atoms with E-state index in [0.717, 1.165) is 18.2 Å². The molecule has 122 valence electrons. The van der Waals surface area contributed by atoms with Crippen molar-refractivity contribution in [1.29, 1.82) is 0 Å². The van der Waals surface area contributed by atoms with Gasteiger partial charge in [0.15, 0.2) is 0 Å². The van der Waals surface area contributed by atoms with Crippen LogP contribution in [0, 0.1) is 11.6 Å². The van der Waals surface area contributed by atoms with E-state index < -0.39 is 35.2 Å². The van der Waals surface area contributed by atoms with Crippen LogP contribution in [-0.2, 0) is 15.1 Å². The highest BCUT2D eigenvalue weighted by Crippen LogP contribution is 2.46. The molecule has 0 radical (unpaired) electrons. The van der Waals surface area contributed by atoms with E-state index in [-0.39, 0.29) is 24.3 Å². The van der Waals surface area contributed by atoms with Crippen LogP contribution < -0.4 is 16.0 Å². The van der Waals surface area contributed by atoms with Gasteiger partial charge in [0.2, 0.25) is 5.91 Å². The number of hydrogen-bond acceptors (Lipinski definition) is 3. The van der Waals surface area contributed by atoms with Gasteiger partial charge in [-0.05, 0) is 37.5 Å². The second-order valence-corrected chi connectivity index (χ2v) is 5.81. The first-order valence-electron chi connectivity index (χ1n) is 7.27. The molecule has 0 bridgehead atoms. The van der Waals surface area contributed by atoms with Crippen LogP contribution in [-0.4, -0.2) is 23.9 Å². The van der Waals surface area contributed by atoms with Crippen molar-refractivity contribution >= 4 is 17.8 Å². The Balaban J connectivity index is 1.60. The first kappa shape index (κ1) is 15.4. The number of rotatable bonds is 5. The summed E-state index contributed by atoms with van der Waals surface area (Å²) in [5, 5.41) is 7.19. The van der Waals surface area contributed by atoms with Crippen molar-refractivity contribution in [2.75, 3.05) is 0 Å². The lowest BCUT2D eigenvalue weighted by Crippen LogP contribution is -2.37. The Morgan fingerprint density at radius 1 is 1.30 bits per heavy atom. The standard InChI is InChI=1S/C15H15F2N3O3/c16-8-1-2-10(17)9(7-8)15(5-6-15)20-12(21)4-3-11-13(22)19-14(23)18-11/h1-2,7,11H,3-6H2,(H,20,21)(H2,18,19,22,23). The lowest BCUT2D eigenvalue weighted by Gasteiger charge is -2.19. The molecule has 2 fully saturated rings. The Morgan fingerprint density at radius 2 is 2.04 bits per heavy atom. The molecule has 1 saturated heterocycles.